The van der Waals surface area contributed by atoms with Gasteiger partial charge in [0.05, 0.1) is 0 Å². The number of nitrogens with two attached hydrogens (primary N) is 1. The first-order valence-electron chi connectivity index (χ1n) is 16.5. The van der Waals surface area contributed by atoms with Gasteiger partial charge in [-0.2, -0.15) is 0 Å². The molecule has 0 saturated carbocycles. The van der Waals surface area contributed by atoms with E-state index in [0.717, 1.165) is 18.0 Å². The van der Waals surface area contributed by atoms with Crippen LogP contribution in [0.2, 0.25) is 16.1 Å². The summed E-state index contributed by atoms with van der Waals surface area (Å²) in [5.41, 5.74) is 7.46. The minimum Gasteiger partial charge on any atom is -0.517 e. The zero-order valence-electron chi connectivity index (χ0n) is 27.1. The topological polar surface area (TPSA) is 52.3 Å². The van der Waals surface area contributed by atoms with Crippen LogP contribution in [-0.4, -0.2) is 20.3 Å². The van der Waals surface area contributed by atoms with Gasteiger partial charge in [-0.15, -0.1) is 0 Å². The van der Waals surface area contributed by atoms with E-state index >= 15 is 0 Å². The summed E-state index contributed by atoms with van der Waals surface area (Å²) in [6.45, 7) is 15.9. The van der Waals surface area contributed by atoms with Crippen molar-refractivity contribution in [3.05, 3.63) is 35.9 Å². The van der Waals surface area contributed by atoms with Crippen molar-refractivity contribution >= 4 is 14.3 Å². The Kier molecular flexibility index (Phi) is 17.6. The number of hydrogen-bond donors (Lipinski definition) is 1. The monoisotopic (exact) mass is 559 g/mol. The van der Waals surface area contributed by atoms with Gasteiger partial charge in [0.1, 0.15) is 6.04 Å². The minimum absolute atomic E-state index is 0.0527. The van der Waals surface area contributed by atoms with Gasteiger partial charge < -0.3 is 10.2 Å². The third kappa shape index (κ3) is 13.9. The molecule has 1 rings (SSSR count). The van der Waals surface area contributed by atoms with Crippen LogP contribution in [0.1, 0.15) is 157 Å². The summed E-state index contributed by atoms with van der Waals surface area (Å²) in [4.78, 5) is 13.3. The van der Waals surface area contributed by atoms with Crippen molar-refractivity contribution in [2.75, 3.05) is 0 Å². The number of benzene rings is 1. The van der Waals surface area contributed by atoms with Crippen LogP contribution in [-0.2, 0) is 15.6 Å². The smallest absolute Gasteiger partial charge is 0.310 e. The zero-order chi connectivity index (χ0) is 29.2. The first-order valence-corrected chi connectivity index (χ1v) is 18.6. The van der Waals surface area contributed by atoms with Crippen molar-refractivity contribution in [3.63, 3.8) is 0 Å². The van der Waals surface area contributed by atoms with Crippen molar-refractivity contribution in [2.24, 2.45) is 5.73 Å². The average molecular weight is 560 g/mol. The third-order valence-corrected chi connectivity index (χ3v) is 15.1. The summed E-state index contributed by atoms with van der Waals surface area (Å²) in [6, 6.07) is 10.4. The summed E-state index contributed by atoms with van der Waals surface area (Å²) in [5.74, 6) is -0.216. The molecule has 226 valence electrons. The molecule has 0 fully saturated rings. The van der Waals surface area contributed by atoms with Crippen molar-refractivity contribution in [3.8, 4) is 0 Å². The molecule has 0 spiro atoms. The molecule has 0 amide bonds. The second-order valence-electron chi connectivity index (χ2n) is 14.1. The molecule has 0 aliphatic carbocycles. The third-order valence-electron chi connectivity index (χ3n) is 8.68. The van der Waals surface area contributed by atoms with E-state index in [2.05, 4.69) is 48.5 Å². The number of carbonyl (C=O) groups is 1. The Labute approximate surface area is 244 Å². The Morgan fingerprint density at radius 2 is 1.08 bits per heavy atom. The normalized spacial score (nSPS) is 13.4. The molecule has 0 aliphatic rings. The van der Waals surface area contributed by atoms with Crippen LogP contribution in [0.5, 0.6) is 0 Å². The van der Waals surface area contributed by atoms with Crippen LogP contribution in [0.15, 0.2) is 30.3 Å². The SMILES string of the molecule is CCCCCCCCCCCCCCCCCC[Si](OC(=O)[C@@H](N)Cc1ccccc1)(C(C)(C)C)C(C)(C)C. The molecule has 0 aromatic heterocycles. The van der Waals surface area contributed by atoms with E-state index in [4.69, 9.17) is 10.2 Å². The van der Waals surface area contributed by atoms with E-state index in [1.165, 1.54) is 96.3 Å². The number of carbonyl (C=O) groups excluding carboxylic acids is 1. The fourth-order valence-electron chi connectivity index (χ4n) is 6.35. The van der Waals surface area contributed by atoms with Gasteiger partial charge in [-0.05, 0) is 28.1 Å². The van der Waals surface area contributed by atoms with E-state index < -0.39 is 14.4 Å². The van der Waals surface area contributed by atoms with Crippen LogP contribution < -0.4 is 5.73 Å². The number of unbranched alkanes of at least 4 members (excludes halogenated alkanes) is 15. The second kappa shape index (κ2) is 19.1. The van der Waals surface area contributed by atoms with E-state index in [1.807, 2.05) is 30.3 Å². The highest BCUT2D eigenvalue weighted by Crippen LogP contribution is 2.54. The molecule has 1 atom stereocenters. The van der Waals surface area contributed by atoms with Crippen molar-refractivity contribution < 1.29 is 9.22 Å². The summed E-state index contributed by atoms with van der Waals surface area (Å²) in [6.07, 6.45) is 22.4. The molecule has 0 aliphatic heterocycles. The first kappa shape index (κ1) is 35.9. The molecule has 3 nitrogen and oxygen atoms in total. The van der Waals surface area contributed by atoms with Gasteiger partial charge in [0.2, 0.25) is 0 Å². The summed E-state index contributed by atoms with van der Waals surface area (Å²) in [7, 11) is -2.48. The molecule has 0 radical (unpaired) electrons. The van der Waals surface area contributed by atoms with E-state index in [-0.39, 0.29) is 16.0 Å². The Hall–Kier alpha value is -1.13. The van der Waals surface area contributed by atoms with E-state index in [1.54, 1.807) is 0 Å². The van der Waals surface area contributed by atoms with Gasteiger partial charge in [-0.25, -0.2) is 0 Å². The maximum Gasteiger partial charge on any atom is 0.310 e. The van der Waals surface area contributed by atoms with Crippen LogP contribution in [0.25, 0.3) is 0 Å². The molecule has 4 heteroatoms. The van der Waals surface area contributed by atoms with E-state index in [9.17, 15) is 4.79 Å². The summed E-state index contributed by atoms with van der Waals surface area (Å²) < 4.78 is 6.60. The minimum atomic E-state index is -2.48. The Balaban J connectivity index is 2.40. The van der Waals surface area contributed by atoms with Crippen LogP contribution in [0, 0.1) is 0 Å². The van der Waals surface area contributed by atoms with Crippen molar-refractivity contribution in [1.29, 1.82) is 0 Å². The predicted octanol–water partition coefficient (Wildman–Crippen LogP) is 10.9. The fraction of sp³-hybridized carbons (Fsp3) is 0.800. The predicted molar refractivity (Wildman–Crippen MR) is 174 cm³/mol. The Morgan fingerprint density at radius 3 is 1.46 bits per heavy atom. The lowest BCUT2D eigenvalue weighted by Gasteiger charge is -2.50. The molecule has 0 saturated heterocycles. The van der Waals surface area contributed by atoms with Gasteiger partial charge >= 0.3 is 5.97 Å². The molecule has 0 bridgehead atoms. The highest BCUT2D eigenvalue weighted by molar-refractivity contribution is 6.80. The molecular weight excluding hydrogens is 494 g/mol. The highest BCUT2D eigenvalue weighted by atomic mass is 28.4. The molecule has 0 heterocycles. The Bertz CT molecular complexity index is 736. The maximum absolute atomic E-state index is 13.3. The van der Waals surface area contributed by atoms with Gasteiger partial charge in [0.25, 0.3) is 8.32 Å². The molecule has 2 N–H and O–H groups in total. The van der Waals surface area contributed by atoms with Gasteiger partial charge in [0, 0.05) is 0 Å². The van der Waals surface area contributed by atoms with Gasteiger partial charge in [0.15, 0.2) is 0 Å². The highest BCUT2D eigenvalue weighted by Gasteiger charge is 2.57. The van der Waals surface area contributed by atoms with Crippen LogP contribution in [0.3, 0.4) is 0 Å². The van der Waals surface area contributed by atoms with Crippen molar-refractivity contribution in [2.45, 2.75) is 180 Å². The largest absolute Gasteiger partial charge is 0.517 e. The quantitative estimate of drug-likeness (QED) is 0.120. The molecular formula is C35H65NO2Si. The summed E-state index contributed by atoms with van der Waals surface area (Å²) in [5, 5.41) is -0.105. The van der Waals surface area contributed by atoms with Gasteiger partial charge in [-0.3, -0.25) is 4.79 Å². The van der Waals surface area contributed by atoms with Crippen molar-refractivity contribution in [1.82, 2.24) is 0 Å². The van der Waals surface area contributed by atoms with Crippen LogP contribution in [0.4, 0.5) is 0 Å². The molecule has 0 unspecified atom stereocenters. The lowest BCUT2D eigenvalue weighted by Crippen LogP contribution is -2.57. The lowest BCUT2D eigenvalue weighted by molar-refractivity contribution is -0.137. The molecule has 1 aromatic rings. The van der Waals surface area contributed by atoms with Crippen LogP contribution >= 0.6 is 0 Å². The maximum atomic E-state index is 13.3. The molecule has 1 aromatic carbocycles. The Morgan fingerprint density at radius 1 is 0.692 bits per heavy atom. The second-order valence-corrected chi connectivity index (χ2v) is 19.5. The standard InChI is InChI=1S/C35H65NO2Si/c1-8-9-10-11-12-13-14-15-16-17-18-19-20-21-22-26-29-39(34(2,3)4,35(5,6)7)38-33(37)32(36)30-31-27-24-23-25-28-31/h23-25,27-28,32H,8-22,26,29-30,36H2,1-7H3/t32-/m0/s1. The number of rotatable bonds is 21. The fourth-order valence-corrected chi connectivity index (χ4v) is 12.1. The lowest BCUT2D eigenvalue weighted by atomic mass is 10.0. The average Bonchev–Trinajstić information content (AvgIpc) is 2.86. The summed E-state index contributed by atoms with van der Waals surface area (Å²) >= 11 is 0. The molecule has 39 heavy (non-hydrogen) atoms. The number of hydrogen-bond acceptors (Lipinski definition) is 3. The van der Waals surface area contributed by atoms with E-state index in [0.29, 0.717) is 6.42 Å². The zero-order valence-corrected chi connectivity index (χ0v) is 28.1. The first-order chi connectivity index (χ1) is 18.4. The van der Waals surface area contributed by atoms with Gasteiger partial charge in [-0.1, -0.05) is 182 Å².